The molecule has 0 bridgehead atoms. The van der Waals surface area contributed by atoms with E-state index in [0.717, 1.165) is 11.1 Å². The molecule has 1 atom stereocenters. The summed E-state index contributed by atoms with van der Waals surface area (Å²) in [6.45, 7) is 7.21. The number of rotatable bonds is 6. The van der Waals surface area contributed by atoms with Crippen molar-refractivity contribution in [3.8, 4) is 5.75 Å². The second-order valence-corrected chi connectivity index (χ2v) is 6.42. The molecule has 0 heterocycles. The van der Waals surface area contributed by atoms with Gasteiger partial charge in [0.25, 0.3) is 0 Å². The minimum absolute atomic E-state index is 0.367. The molecule has 1 unspecified atom stereocenters. The lowest BCUT2D eigenvalue weighted by Gasteiger charge is -2.19. The molecule has 0 radical (unpaired) electrons. The summed E-state index contributed by atoms with van der Waals surface area (Å²) in [5.41, 5.74) is 3.83. The highest BCUT2D eigenvalue weighted by molar-refractivity contribution is 9.09. The molecular formula is C19H23BrO. The molecule has 0 aliphatic heterocycles. The van der Waals surface area contributed by atoms with E-state index in [2.05, 4.69) is 79.2 Å². The first-order chi connectivity index (χ1) is 10.1. The lowest BCUT2D eigenvalue weighted by atomic mass is 10.00. The van der Waals surface area contributed by atoms with Gasteiger partial charge in [0.2, 0.25) is 0 Å². The number of hydrogen-bond donors (Lipinski definition) is 0. The first kappa shape index (κ1) is 16.1. The van der Waals surface area contributed by atoms with Crippen molar-refractivity contribution in [1.82, 2.24) is 0 Å². The van der Waals surface area contributed by atoms with Crippen molar-refractivity contribution in [2.45, 2.75) is 32.6 Å². The first-order valence-electron chi connectivity index (χ1n) is 7.46. The minimum atomic E-state index is 0.367. The van der Waals surface area contributed by atoms with Gasteiger partial charge in [0.15, 0.2) is 0 Å². The smallest absolute Gasteiger partial charge is 0.123 e. The van der Waals surface area contributed by atoms with Gasteiger partial charge in [-0.2, -0.15) is 0 Å². The van der Waals surface area contributed by atoms with E-state index in [1.54, 1.807) is 0 Å². The molecule has 0 N–H and O–H groups in total. The van der Waals surface area contributed by atoms with Crippen LogP contribution in [0.5, 0.6) is 5.75 Å². The molecule has 2 heteroatoms. The van der Waals surface area contributed by atoms with Gasteiger partial charge in [0, 0.05) is 11.2 Å². The molecule has 0 fully saturated rings. The Balaban J connectivity index is 2.13. The molecule has 2 aromatic carbocycles. The van der Waals surface area contributed by atoms with E-state index >= 15 is 0 Å². The maximum Gasteiger partial charge on any atom is 0.123 e. The summed E-state index contributed by atoms with van der Waals surface area (Å²) in [5, 5.41) is 0.903. The van der Waals surface area contributed by atoms with Crippen molar-refractivity contribution in [2.24, 2.45) is 0 Å². The van der Waals surface area contributed by atoms with Gasteiger partial charge in [0.05, 0.1) is 6.61 Å². The molecule has 0 saturated carbocycles. The van der Waals surface area contributed by atoms with Gasteiger partial charge >= 0.3 is 0 Å². The summed E-state index contributed by atoms with van der Waals surface area (Å²) in [5.74, 6) is 1.86. The summed E-state index contributed by atoms with van der Waals surface area (Å²) in [6, 6.07) is 17.0. The third kappa shape index (κ3) is 4.34. The van der Waals surface area contributed by atoms with Gasteiger partial charge in [-0.1, -0.05) is 72.2 Å². The first-order valence-corrected chi connectivity index (χ1v) is 8.58. The summed E-state index contributed by atoms with van der Waals surface area (Å²) in [4.78, 5) is 0. The number of aryl methyl sites for hydroxylation is 1. The van der Waals surface area contributed by atoms with Gasteiger partial charge in [-0.05, 0) is 35.6 Å². The van der Waals surface area contributed by atoms with Crippen LogP contribution in [0.2, 0.25) is 0 Å². The zero-order chi connectivity index (χ0) is 15.2. The van der Waals surface area contributed by atoms with Crippen LogP contribution < -0.4 is 4.74 Å². The molecule has 0 aromatic heterocycles. The molecule has 21 heavy (non-hydrogen) atoms. The molecule has 0 aliphatic carbocycles. The normalized spacial score (nSPS) is 12.4. The lowest BCUT2D eigenvalue weighted by molar-refractivity contribution is 0.294. The number of benzene rings is 2. The van der Waals surface area contributed by atoms with Crippen molar-refractivity contribution < 1.29 is 4.74 Å². The highest BCUT2D eigenvalue weighted by atomic mass is 79.9. The topological polar surface area (TPSA) is 9.23 Å². The molecule has 2 rings (SSSR count). The number of alkyl halides is 1. The largest absolute Gasteiger partial charge is 0.493 e. The van der Waals surface area contributed by atoms with Crippen LogP contribution in [-0.4, -0.2) is 11.9 Å². The van der Waals surface area contributed by atoms with Gasteiger partial charge in [0.1, 0.15) is 5.75 Å². The maximum absolute atomic E-state index is 6.16. The third-order valence-electron chi connectivity index (χ3n) is 3.69. The SMILES string of the molecule is Cc1ccc(C(C)C)c(OCC(CBr)c2ccccc2)c1. The van der Waals surface area contributed by atoms with E-state index in [4.69, 9.17) is 4.74 Å². The third-order valence-corrected chi connectivity index (χ3v) is 4.47. The Kier molecular flexibility index (Phi) is 5.86. The molecular weight excluding hydrogens is 324 g/mol. The van der Waals surface area contributed by atoms with E-state index < -0.39 is 0 Å². The molecule has 0 spiro atoms. The fraction of sp³-hybridized carbons (Fsp3) is 0.368. The predicted molar refractivity (Wildman–Crippen MR) is 93.7 cm³/mol. The lowest BCUT2D eigenvalue weighted by Crippen LogP contribution is -2.12. The fourth-order valence-electron chi connectivity index (χ4n) is 2.39. The summed E-state index contributed by atoms with van der Waals surface area (Å²) >= 11 is 3.61. The van der Waals surface area contributed by atoms with Crippen molar-refractivity contribution in [1.29, 1.82) is 0 Å². The summed E-state index contributed by atoms with van der Waals surface area (Å²) in [7, 11) is 0. The number of halogens is 1. The van der Waals surface area contributed by atoms with Crippen LogP contribution in [-0.2, 0) is 0 Å². The van der Waals surface area contributed by atoms with Gasteiger partial charge < -0.3 is 4.74 Å². The highest BCUT2D eigenvalue weighted by Crippen LogP contribution is 2.29. The molecule has 112 valence electrons. The van der Waals surface area contributed by atoms with Crippen LogP contribution in [0, 0.1) is 6.92 Å². The Hall–Kier alpha value is -1.28. The summed E-state index contributed by atoms with van der Waals surface area (Å²) < 4.78 is 6.16. The fourth-order valence-corrected chi connectivity index (χ4v) is 2.95. The van der Waals surface area contributed by atoms with Crippen LogP contribution in [0.1, 0.15) is 42.4 Å². The van der Waals surface area contributed by atoms with Crippen LogP contribution in [0.15, 0.2) is 48.5 Å². The van der Waals surface area contributed by atoms with E-state index in [-0.39, 0.29) is 0 Å². The van der Waals surface area contributed by atoms with Crippen LogP contribution >= 0.6 is 15.9 Å². The van der Waals surface area contributed by atoms with Gasteiger partial charge in [-0.15, -0.1) is 0 Å². The molecule has 0 saturated heterocycles. The Labute approximate surface area is 136 Å². The van der Waals surface area contributed by atoms with Gasteiger partial charge in [-0.3, -0.25) is 0 Å². The van der Waals surface area contributed by atoms with Crippen LogP contribution in [0.25, 0.3) is 0 Å². The molecule has 0 amide bonds. The Morgan fingerprint density at radius 2 is 1.76 bits per heavy atom. The second-order valence-electron chi connectivity index (χ2n) is 5.77. The molecule has 1 nitrogen and oxygen atoms in total. The van der Waals surface area contributed by atoms with Crippen LogP contribution in [0.4, 0.5) is 0 Å². The average Bonchev–Trinajstić information content (AvgIpc) is 2.48. The van der Waals surface area contributed by atoms with Crippen molar-refractivity contribution in [3.05, 3.63) is 65.2 Å². The standard InChI is InChI=1S/C19H23BrO/c1-14(2)18-10-9-15(3)11-19(18)21-13-17(12-20)16-7-5-4-6-8-16/h4-11,14,17H,12-13H2,1-3H3. The Morgan fingerprint density at radius 3 is 2.38 bits per heavy atom. The predicted octanol–water partition coefficient (Wildman–Crippen LogP) is 5.68. The van der Waals surface area contributed by atoms with Gasteiger partial charge in [-0.25, -0.2) is 0 Å². The average molecular weight is 347 g/mol. The monoisotopic (exact) mass is 346 g/mol. The zero-order valence-corrected chi connectivity index (χ0v) is 14.6. The van der Waals surface area contributed by atoms with Crippen molar-refractivity contribution in [3.63, 3.8) is 0 Å². The minimum Gasteiger partial charge on any atom is -0.493 e. The maximum atomic E-state index is 6.16. The van der Waals surface area contributed by atoms with Crippen molar-refractivity contribution in [2.75, 3.05) is 11.9 Å². The molecule has 0 aliphatic rings. The van der Waals surface area contributed by atoms with Crippen molar-refractivity contribution >= 4 is 15.9 Å². The highest BCUT2D eigenvalue weighted by Gasteiger charge is 2.13. The van der Waals surface area contributed by atoms with E-state index in [1.807, 2.05) is 6.07 Å². The molecule has 2 aromatic rings. The van der Waals surface area contributed by atoms with Crippen LogP contribution in [0.3, 0.4) is 0 Å². The second kappa shape index (κ2) is 7.65. The Bertz CT molecular complexity index is 563. The number of ether oxygens (including phenoxy) is 1. The zero-order valence-electron chi connectivity index (χ0n) is 13.0. The quantitative estimate of drug-likeness (QED) is 0.611. The van der Waals surface area contributed by atoms with E-state index in [1.165, 1.54) is 16.7 Å². The summed E-state index contributed by atoms with van der Waals surface area (Å²) in [6.07, 6.45) is 0. The van der Waals surface area contributed by atoms with E-state index in [0.29, 0.717) is 18.4 Å². The van der Waals surface area contributed by atoms with E-state index in [9.17, 15) is 0 Å². The number of hydrogen-bond acceptors (Lipinski definition) is 1. The Morgan fingerprint density at radius 1 is 1.05 bits per heavy atom.